The van der Waals surface area contributed by atoms with Crippen molar-refractivity contribution in [3.63, 3.8) is 0 Å². The molecule has 1 saturated heterocycles. The van der Waals surface area contributed by atoms with E-state index in [0.29, 0.717) is 5.69 Å². The summed E-state index contributed by atoms with van der Waals surface area (Å²) in [4.78, 5) is 26.8. The van der Waals surface area contributed by atoms with Crippen LogP contribution in [0.5, 0.6) is 0 Å². The Balaban J connectivity index is 1.97. The number of hydrogen-bond donors (Lipinski definition) is 0. The number of benzene rings is 1. The number of anilines is 1. The fourth-order valence-electron chi connectivity index (χ4n) is 3.55. The van der Waals surface area contributed by atoms with Gasteiger partial charge in [0.25, 0.3) is 0 Å². The first-order chi connectivity index (χ1) is 10.3. The summed E-state index contributed by atoms with van der Waals surface area (Å²) < 4.78 is 6.08. The summed E-state index contributed by atoms with van der Waals surface area (Å²) in [7, 11) is 0. The highest BCUT2D eigenvalue weighted by molar-refractivity contribution is 6.22. The van der Waals surface area contributed by atoms with Crippen LogP contribution in [0, 0.1) is 11.8 Å². The molecule has 3 unspecified atom stereocenters. The normalized spacial score (nSPS) is 33.7. The number of ether oxygens (including phenoxy) is 1. The molecule has 0 saturated carbocycles. The molecule has 0 N–H and O–H groups in total. The second-order valence-corrected chi connectivity index (χ2v) is 6.84. The Kier molecular flexibility index (Phi) is 3.25. The first-order valence-corrected chi connectivity index (χ1v) is 7.59. The van der Waals surface area contributed by atoms with E-state index in [2.05, 4.69) is 0 Å². The van der Waals surface area contributed by atoms with Crippen LogP contribution in [0.4, 0.5) is 5.69 Å². The molecule has 2 aliphatic heterocycles. The molecule has 3 rings (SSSR count). The van der Waals surface area contributed by atoms with Gasteiger partial charge in [0.15, 0.2) is 0 Å². The standard InChI is InChI=1S/C18H21NO3/c1-12-14(18(4)11-10-17(2,3)22-18)16(21)19(15(12)20)13-8-6-5-7-9-13/h5-12,14H,1-4H3. The molecule has 1 aromatic rings. The smallest absolute Gasteiger partial charge is 0.240 e. The van der Waals surface area contributed by atoms with E-state index in [1.54, 1.807) is 12.1 Å². The van der Waals surface area contributed by atoms with Crippen molar-refractivity contribution in [3.05, 3.63) is 42.5 Å². The minimum Gasteiger partial charge on any atom is -0.360 e. The number of amides is 2. The van der Waals surface area contributed by atoms with Crippen LogP contribution >= 0.6 is 0 Å². The molecule has 116 valence electrons. The van der Waals surface area contributed by atoms with Crippen LogP contribution in [-0.2, 0) is 14.3 Å². The van der Waals surface area contributed by atoms with Crippen molar-refractivity contribution >= 4 is 17.5 Å². The maximum absolute atomic E-state index is 12.9. The van der Waals surface area contributed by atoms with E-state index in [1.807, 2.05) is 58.0 Å². The quantitative estimate of drug-likeness (QED) is 0.623. The molecular formula is C18H21NO3. The number of carbonyl (C=O) groups excluding carboxylic acids is 2. The molecule has 3 atom stereocenters. The third-order valence-corrected chi connectivity index (χ3v) is 4.53. The van der Waals surface area contributed by atoms with Gasteiger partial charge in [0.05, 0.1) is 28.7 Å². The molecule has 0 aromatic heterocycles. The van der Waals surface area contributed by atoms with Gasteiger partial charge in [-0.3, -0.25) is 9.59 Å². The molecular weight excluding hydrogens is 278 g/mol. The van der Waals surface area contributed by atoms with Crippen LogP contribution in [0.15, 0.2) is 42.5 Å². The second-order valence-electron chi connectivity index (χ2n) is 6.84. The van der Waals surface area contributed by atoms with Crippen LogP contribution < -0.4 is 4.90 Å². The van der Waals surface area contributed by atoms with Gasteiger partial charge in [0.2, 0.25) is 11.8 Å². The van der Waals surface area contributed by atoms with Crippen LogP contribution in [-0.4, -0.2) is 23.0 Å². The lowest BCUT2D eigenvalue weighted by Gasteiger charge is -2.33. The van der Waals surface area contributed by atoms with Crippen LogP contribution in [0.3, 0.4) is 0 Å². The summed E-state index contributed by atoms with van der Waals surface area (Å²) in [6, 6.07) is 9.07. The zero-order valence-corrected chi connectivity index (χ0v) is 13.4. The zero-order valence-electron chi connectivity index (χ0n) is 13.4. The molecule has 1 aromatic carbocycles. The van der Waals surface area contributed by atoms with E-state index >= 15 is 0 Å². The molecule has 0 bridgehead atoms. The first-order valence-electron chi connectivity index (χ1n) is 7.59. The molecule has 0 radical (unpaired) electrons. The number of carbonyl (C=O) groups is 2. The molecule has 22 heavy (non-hydrogen) atoms. The Bertz CT molecular complexity index is 650. The van der Waals surface area contributed by atoms with E-state index in [9.17, 15) is 9.59 Å². The average molecular weight is 299 g/mol. The Morgan fingerprint density at radius 1 is 1.00 bits per heavy atom. The Labute approximate surface area is 130 Å². The van der Waals surface area contributed by atoms with E-state index < -0.39 is 23.0 Å². The largest absolute Gasteiger partial charge is 0.360 e. The summed E-state index contributed by atoms with van der Waals surface area (Å²) in [5.74, 6) is -1.26. The zero-order chi connectivity index (χ0) is 16.1. The van der Waals surface area contributed by atoms with Gasteiger partial charge in [-0.2, -0.15) is 0 Å². The van der Waals surface area contributed by atoms with Crippen molar-refractivity contribution in [1.82, 2.24) is 0 Å². The monoisotopic (exact) mass is 299 g/mol. The van der Waals surface area contributed by atoms with Crippen LogP contribution in [0.1, 0.15) is 27.7 Å². The van der Waals surface area contributed by atoms with Crippen molar-refractivity contribution in [2.45, 2.75) is 38.9 Å². The fraction of sp³-hybridized carbons (Fsp3) is 0.444. The second kappa shape index (κ2) is 4.78. The lowest BCUT2D eigenvalue weighted by Crippen LogP contribution is -2.43. The average Bonchev–Trinajstić information content (AvgIpc) is 2.86. The number of rotatable bonds is 2. The van der Waals surface area contributed by atoms with Crippen molar-refractivity contribution in [2.24, 2.45) is 11.8 Å². The van der Waals surface area contributed by atoms with Gasteiger partial charge < -0.3 is 4.74 Å². The third-order valence-electron chi connectivity index (χ3n) is 4.53. The minimum atomic E-state index is -0.751. The molecule has 2 amide bonds. The summed E-state index contributed by atoms with van der Waals surface area (Å²) in [5, 5.41) is 0. The van der Waals surface area contributed by atoms with Gasteiger partial charge in [0, 0.05) is 0 Å². The highest BCUT2D eigenvalue weighted by Crippen LogP contribution is 2.44. The Hall–Kier alpha value is -1.94. The topological polar surface area (TPSA) is 46.6 Å². The highest BCUT2D eigenvalue weighted by atomic mass is 16.5. The predicted molar refractivity (Wildman–Crippen MR) is 84.3 cm³/mol. The van der Waals surface area contributed by atoms with Gasteiger partial charge in [-0.05, 0) is 32.9 Å². The lowest BCUT2D eigenvalue weighted by molar-refractivity contribution is -0.138. The molecule has 4 nitrogen and oxygen atoms in total. The Morgan fingerprint density at radius 2 is 1.64 bits per heavy atom. The van der Waals surface area contributed by atoms with E-state index in [0.717, 1.165) is 0 Å². The summed E-state index contributed by atoms with van der Waals surface area (Å²) in [5.41, 5.74) is -0.548. The summed E-state index contributed by atoms with van der Waals surface area (Å²) in [6.45, 7) is 7.60. The fourth-order valence-corrected chi connectivity index (χ4v) is 3.55. The van der Waals surface area contributed by atoms with Gasteiger partial charge in [0.1, 0.15) is 0 Å². The molecule has 0 aliphatic carbocycles. The molecule has 2 aliphatic rings. The van der Waals surface area contributed by atoms with E-state index in [1.165, 1.54) is 4.90 Å². The predicted octanol–water partition coefficient (Wildman–Crippen LogP) is 2.94. The minimum absolute atomic E-state index is 0.163. The highest BCUT2D eigenvalue weighted by Gasteiger charge is 2.56. The molecule has 1 fully saturated rings. The van der Waals surface area contributed by atoms with Crippen molar-refractivity contribution in [1.29, 1.82) is 0 Å². The third kappa shape index (κ3) is 2.18. The first kappa shape index (κ1) is 15.0. The lowest BCUT2D eigenvalue weighted by atomic mass is 9.82. The number of para-hydroxylation sites is 1. The van der Waals surface area contributed by atoms with Crippen LogP contribution in [0.2, 0.25) is 0 Å². The number of imide groups is 1. The van der Waals surface area contributed by atoms with Crippen molar-refractivity contribution < 1.29 is 14.3 Å². The molecule has 0 spiro atoms. The number of hydrogen-bond acceptors (Lipinski definition) is 3. The van der Waals surface area contributed by atoms with E-state index in [-0.39, 0.29) is 11.8 Å². The SMILES string of the molecule is CC1C(=O)N(c2ccccc2)C(=O)C1C1(C)C=CC(C)(C)O1. The summed E-state index contributed by atoms with van der Waals surface area (Å²) >= 11 is 0. The van der Waals surface area contributed by atoms with Crippen molar-refractivity contribution in [3.8, 4) is 0 Å². The van der Waals surface area contributed by atoms with Crippen molar-refractivity contribution in [2.75, 3.05) is 4.90 Å². The van der Waals surface area contributed by atoms with E-state index in [4.69, 9.17) is 4.74 Å². The number of nitrogens with zero attached hydrogens (tertiary/aromatic N) is 1. The van der Waals surface area contributed by atoms with Gasteiger partial charge in [-0.25, -0.2) is 4.90 Å². The van der Waals surface area contributed by atoms with Crippen LogP contribution in [0.25, 0.3) is 0 Å². The molecule has 4 heteroatoms. The maximum atomic E-state index is 12.9. The summed E-state index contributed by atoms with van der Waals surface area (Å²) in [6.07, 6.45) is 3.89. The van der Waals surface area contributed by atoms with Gasteiger partial charge in [-0.1, -0.05) is 37.3 Å². The van der Waals surface area contributed by atoms with Gasteiger partial charge in [-0.15, -0.1) is 0 Å². The molecule has 2 heterocycles. The Morgan fingerprint density at radius 3 is 2.18 bits per heavy atom. The maximum Gasteiger partial charge on any atom is 0.240 e. The van der Waals surface area contributed by atoms with Gasteiger partial charge >= 0.3 is 0 Å².